The number of furan rings is 1. The van der Waals surface area contributed by atoms with E-state index in [-0.39, 0.29) is 12.1 Å². The van der Waals surface area contributed by atoms with Crippen LogP contribution < -0.4 is 5.32 Å². The number of hydrogen-bond acceptors (Lipinski definition) is 4. The fraction of sp³-hybridized carbons (Fsp3) is 0.692. The van der Waals surface area contributed by atoms with Gasteiger partial charge in [0.2, 0.25) is 0 Å². The first kappa shape index (κ1) is 12.6. The molecule has 0 aromatic carbocycles. The van der Waals surface area contributed by atoms with E-state index in [1.807, 2.05) is 13.1 Å². The van der Waals surface area contributed by atoms with Gasteiger partial charge in [-0.2, -0.15) is 0 Å². The van der Waals surface area contributed by atoms with Gasteiger partial charge in [0.1, 0.15) is 5.76 Å². The third-order valence-corrected chi connectivity index (χ3v) is 3.44. The highest BCUT2D eigenvalue weighted by molar-refractivity contribution is 5.20. The number of hydrogen-bond donors (Lipinski definition) is 1. The van der Waals surface area contributed by atoms with E-state index in [0.29, 0.717) is 0 Å². The van der Waals surface area contributed by atoms with Crippen molar-refractivity contribution in [3.05, 3.63) is 23.7 Å². The summed E-state index contributed by atoms with van der Waals surface area (Å²) in [5.41, 5.74) is 1.21. The van der Waals surface area contributed by atoms with Gasteiger partial charge in [-0.15, -0.1) is 0 Å². The molecule has 2 unspecified atom stereocenters. The van der Waals surface area contributed by atoms with E-state index in [1.54, 1.807) is 6.26 Å². The van der Waals surface area contributed by atoms with Gasteiger partial charge >= 0.3 is 0 Å². The molecule has 0 bridgehead atoms. The lowest BCUT2D eigenvalue weighted by Gasteiger charge is -2.39. The zero-order valence-electron chi connectivity index (χ0n) is 10.9. The van der Waals surface area contributed by atoms with Crippen LogP contribution in [0.4, 0.5) is 0 Å². The van der Waals surface area contributed by atoms with Gasteiger partial charge in [-0.3, -0.25) is 4.90 Å². The van der Waals surface area contributed by atoms with Gasteiger partial charge in [-0.05, 0) is 32.1 Å². The van der Waals surface area contributed by atoms with Crippen molar-refractivity contribution in [2.45, 2.75) is 26.0 Å². The fourth-order valence-electron chi connectivity index (χ4n) is 2.54. The topological polar surface area (TPSA) is 37.6 Å². The Morgan fingerprint density at radius 2 is 2.35 bits per heavy atom. The first-order valence-corrected chi connectivity index (χ1v) is 6.32. The summed E-state index contributed by atoms with van der Waals surface area (Å²) in [6.07, 6.45) is 1.93. The molecule has 0 saturated carbocycles. The summed E-state index contributed by atoms with van der Waals surface area (Å²) in [5, 5.41) is 3.20. The minimum Gasteiger partial charge on any atom is -0.467 e. The second kappa shape index (κ2) is 5.67. The molecule has 1 aromatic heterocycles. The molecule has 1 aromatic rings. The highest BCUT2D eigenvalue weighted by Gasteiger charge is 2.35. The van der Waals surface area contributed by atoms with Crippen LogP contribution in [0, 0.1) is 6.92 Å². The highest BCUT2D eigenvalue weighted by Crippen LogP contribution is 2.31. The summed E-state index contributed by atoms with van der Waals surface area (Å²) in [6.45, 7) is 7.93. The van der Waals surface area contributed by atoms with Crippen LogP contribution in [0.25, 0.3) is 0 Å². The lowest BCUT2D eigenvalue weighted by atomic mass is 10.0. The largest absolute Gasteiger partial charge is 0.467 e. The van der Waals surface area contributed by atoms with E-state index < -0.39 is 0 Å². The van der Waals surface area contributed by atoms with Gasteiger partial charge in [0.25, 0.3) is 0 Å². The third-order valence-electron chi connectivity index (χ3n) is 3.44. The minimum atomic E-state index is 0.165. The SMILES string of the molecule is CCN1CCOC(CNC)C1c1occc1C. The van der Waals surface area contributed by atoms with Crippen LogP contribution in [0.2, 0.25) is 0 Å². The Kier molecular flexibility index (Phi) is 4.20. The molecule has 0 radical (unpaired) electrons. The van der Waals surface area contributed by atoms with Crippen LogP contribution in [0.3, 0.4) is 0 Å². The zero-order chi connectivity index (χ0) is 12.3. The van der Waals surface area contributed by atoms with Crippen LogP contribution in [0.5, 0.6) is 0 Å². The maximum Gasteiger partial charge on any atom is 0.126 e. The van der Waals surface area contributed by atoms with E-state index in [4.69, 9.17) is 9.15 Å². The molecule has 96 valence electrons. The van der Waals surface area contributed by atoms with E-state index in [9.17, 15) is 0 Å². The molecule has 17 heavy (non-hydrogen) atoms. The second-order valence-corrected chi connectivity index (χ2v) is 4.51. The summed E-state index contributed by atoms with van der Waals surface area (Å²) in [6, 6.07) is 2.25. The van der Waals surface area contributed by atoms with Gasteiger partial charge in [0.05, 0.1) is 25.0 Å². The lowest BCUT2D eigenvalue weighted by molar-refractivity contribution is -0.0751. The Labute approximate surface area is 103 Å². The summed E-state index contributed by atoms with van der Waals surface area (Å²) in [5.74, 6) is 1.05. The average molecular weight is 238 g/mol. The van der Waals surface area contributed by atoms with Crippen molar-refractivity contribution < 1.29 is 9.15 Å². The van der Waals surface area contributed by atoms with Crippen LogP contribution in [0.1, 0.15) is 24.3 Å². The third kappa shape index (κ3) is 2.54. The number of likely N-dealkylation sites (N-methyl/N-ethyl adjacent to an activating group) is 2. The number of ether oxygens (including phenoxy) is 1. The van der Waals surface area contributed by atoms with Gasteiger partial charge < -0.3 is 14.5 Å². The number of nitrogens with one attached hydrogen (secondary N) is 1. The molecule has 4 nitrogen and oxygen atoms in total. The predicted octanol–water partition coefficient (Wildman–Crippen LogP) is 1.57. The fourth-order valence-corrected chi connectivity index (χ4v) is 2.54. The van der Waals surface area contributed by atoms with Crippen molar-refractivity contribution in [2.24, 2.45) is 0 Å². The maximum atomic E-state index is 5.88. The number of rotatable bonds is 4. The van der Waals surface area contributed by atoms with Crippen LogP contribution in [-0.4, -0.2) is 44.3 Å². The van der Waals surface area contributed by atoms with Crippen LogP contribution in [-0.2, 0) is 4.74 Å². The smallest absolute Gasteiger partial charge is 0.126 e. The van der Waals surface area contributed by atoms with Crippen molar-refractivity contribution in [1.29, 1.82) is 0 Å². The summed E-state index contributed by atoms with van der Waals surface area (Å²) < 4.78 is 11.5. The predicted molar refractivity (Wildman–Crippen MR) is 67.1 cm³/mol. The normalized spacial score (nSPS) is 26.3. The second-order valence-electron chi connectivity index (χ2n) is 4.51. The number of aryl methyl sites for hydroxylation is 1. The molecule has 2 heterocycles. The first-order chi connectivity index (χ1) is 8.27. The highest BCUT2D eigenvalue weighted by atomic mass is 16.5. The first-order valence-electron chi connectivity index (χ1n) is 6.32. The summed E-state index contributed by atoms with van der Waals surface area (Å²) in [7, 11) is 1.96. The minimum absolute atomic E-state index is 0.165. The van der Waals surface area contributed by atoms with Crippen molar-refractivity contribution in [1.82, 2.24) is 10.2 Å². The molecule has 2 rings (SSSR count). The van der Waals surface area contributed by atoms with Gasteiger partial charge in [-0.1, -0.05) is 6.92 Å². The molecule has 2 atom stereocenters. The molecule has 1 N–H and O–H groups in total. The Bertz CT molecular complexity index is 349. The van der Waals surface area contributed by atoms with Crippen molar-refractivity contribution >= 4 is 0 Å². The van der Waals surface area contributed by atoms with Crippen LogP contribution >= 0.6 is 0 Å². The lowest BCUT2D eigenvalue weighted by Crippen LogP contribution is -2.48. The monoisotopic (exact) mass is 238 g/mol. The molecule has 0 spiro atoms. The Morgan fingerprint density at radius 1 is 1.53 bits per heavy atom. The summed E-state index contributed by atoms with van der Waals surface area (Å²) >= 11 is 0. The van der Waals surface area contributed by atoms with E-state index >= 15 is 0 Å². The Balaban J connectivity index is 2.25. The molecule has 1 aliphatic heterocycles. The van der Waals surface area contributed by atoms with E-state index in [1.165, 1.54) is 5.56 Å². The molecule has 1 fully saturated rings. The number of morpholine rings is 1. The van der Waals surface area contributed by atoms with E-state index in [0.717, 1.165) is 32.0 Å². The Morgan fingerprint density at radius 3 is 2.94 bits per heavy atom. The average Bonchev–Trinajstić information content (AvgIpc) is 2.75. The van der Waals surface area contributed by atoms with E-state index in [2.05, 4.69) is 24.1 Å². The van der Waals surface area contributed by atoms with Crippen molar-refractivity contribution in [2.75, 3.05) is 33.3 Å². The molecule has 1 aliphatic rings. The van der Waals surface area contributed by atoms with Gasteiger partial charge in [0, 0.05) is 13.1 Å². The Hall–Kier alpha value is -0.840. The maximum absolute atomic E-state index is 5.88. The molecule has 4 heteroatoms. The van der Waals surface area contributed by atoms with Crippen LogP contribution in [0.15, 0.2) is 16.7 Å². The van der Waals surface area contributed by atoms with Gasteiger partial charge in [-0.25, -0.2) is 0 Å². The number of nitrogens with zero attached hydrogens (tertiary/aromatic N) is 1. The molecule has 1 saturated heterocycles. The molecular formula is C13H22N2O2. The molecule has 0 amide bonds. The molecule has 0 aliphatic carbocycles. The zero-order valence-corrected chi connectivity index (χ0v) is 10.9. The standard InChI is InChI=1S/C13H22N2O2/c1-4-15-6-8-16-11(9-14-3)12(15)13-10(2)5-7-17-13/h5,7,11-12,14H,4,6,8-9H2,1-3H3. The van der Waals surface area contributed by atoms with Gasteiger partial charge in [0.15, 0.2) is 0 Å². The van der Waals surface area contributed by atoms with Crippen molar-refractivity contribution in [3.63, 3.8) is 0 Å². The quantitative estimate of drug-likeness (QED) is 0.864. The van der Waals surface area contributed by atoms with Crippen molar-refractivity contribution in [3.8, 4) is 0 Å². The summed E-state index contributed by atoms with van der Waals surface area (Å²) in [4.78, 5) is 2.43. The molecular weight excluding hydrogens is 216 g/mol.